The van der Waals surface area contributed by atoms with E-state index < -0.39 is 11.4 Å². The van der Waals surface area contributed by atoms with Crippen LogP contribution in [0.1, 0.15) is 52.1 Å². The Morgan fingerprint density at radius 2 is 1.81 bits per heavy atom. The van der Waals surface area contributed by atoms with Gasteiger partial charge in [-0.2, -0.15) is 0 Å². The van der Waals surface area contributed by atoms with Crippen molar-refractivity contribution in [3.8, 4) is 0 Å². The van der Waals surface area contributed by atoms with E-state index in [1.165, 1.54) is 11.3 Å². The number of rotatable bonds is 6. The van der Waals surface area contributed by atoms with Gasteiger partial charge in [-0.15, -0.1) is 11.3 Å². The lowest BCUT2D eigenvalue weighted by Crippen LogP contribution is -2.44. The van der Waals surface area contributed by atoms with Crippen molar-refractivity contribution in [2.24, 2.45) is 5.41 Å². The second-order valence-electron chi connectivity index (χ2n) is 6.84. The van der Waals surface area contributed by atoms with Crippen molar-refractivity contribution in [1.29, 1.82) is 0 Å². The third-order valence-corrected chi connectivity index (χ3v) is 5.85. The highest BCUT2D eigenvalue weighted by molar-refractivity contribution is 7.12. The van der Waals surface area contributed by atoms with E-state index >= 15 is 0 Å². The number of carbonyl (C=O) groups excluding carboxylic acids is 2. The molecule has 27 heavy (non-hydrogen) atoms. The molecule has 1 aliphatic rings. The maximum absolute atomic E-state index is 12.5. The first-order chi connectivity index (χ1) is 13.0. The topological polar surface area (TPSA) is 95.5 Å². The number of thiophene rings is 1. The van der Waals surface area contributed by atoms with Gasteiger partial charge in [0.1, 0.15) is 0 Å². The Labute approximate surface area is 161 Å². The smallest absolute Gasteiger partial charge is 0.311 e. The van der Waals surface area contributed by atoms with Crippen LogP contribution in [-0.4, -0.2) is 29.4 Å². The molecule has 1 aromatic carbocycles. The van der Waals surface area contributed by atoms with E-state index in [4.69, 9.17) is 0 Å². The van der Waals surface area contributed by atoms with Crippen LogP contribution in [0.4, 0.5) is 5.69 Å². The number of nitrogens with one attached hydrogen (secondary N) is 2. The van der Waals surface area contributed by atoms with E-state index in [9.17, 15) is 19.5 Å². The number of carboxylic acid groups (broad SMARTS) is 1. The van der Waals surface area contributed by atoms with E-state index in [1.54, 1.807) is 36.4 Å². The van der Waals surface area contributed by atoms with Gasteiger partial charge >= 0.3 is 5.97 Å². The Bertz CT molecular complexity index is 826. The van der Waals surface area contributed by atoms with Gasteiger partial charge in [-0.3, -0.25) is 14.4 Å². The summed E-state index contributed by atoms with van der Waals surface area (Å²) in [5, 5.41) is 17.0. The number of anilines is 1. The average molecular weight is 386 g/mol. The van der Waals surface area contributed by atoms with E-state index in [-0.39, 0.29) is 18.4 Å². The molecule has 0 bridgehead atoms. The van der Waals surface area contributed by atoms with Crippen molar-refractivity contribution in [2.45, 2.75) is 32.1 Å². The number of hydrogen-bond donors (Lipinski definition) is 3. The summed E-state index contributed by atoms with van der Waals surface area (Å²) >= 11 is 1.34. The molecule has 1 heterocycles. The molecule has 2 aromatic rings. The number of carboxylic acids is 1. The van der Waals surface area contributed by atoms with Crippen LogP contribution < -0.4 is 10.6 Å². The predicted octanol–water partition coefficient (Wildman–Crippen LogP) is 3.77. The Hall–Kier alpha value is -2.67. The molecule has 2 amide bonds. The lowest BCUT2D eigenvalue weighted by Gasteiger charge is -2.33. The highest BCUT2D eigenvalue weighted by atomic mass is 32.1. The largest absolute Gasteiger partial charge is 0.481 e. The fourth-order valence-corrected chi connectivity index (χ4v) is 4.00. The van der Waals surface area contributed by atoms with Crippen molar-refractivity contribution in [1.82, 2.24) is 5.32 Å². The normalized spacial score (nSPS) is 15.7. The molecular weight excluding hydrogens is 364 g/mol. The molecule has 1 aromatic heterocycles. The van der Waals surface area contributed by atoms with E-state index in [2.05, 4.69) is 10.6 Å². The van der Waals surface area contributed by atoms with Gasteiger partial charge in [-0.1, -0.05) is 31.4 Å². The molecule has 3 N–H and O–H groups in total. The fraction of sp³-hybridized carbons (Fsp3) is 0.350. The second-order valence-corrected chi connectivity index (χ2v) is 7.79. The van der Waals surface area contributed by atoms with Gasteiger partial charge in [-0.25, -0.2) is 0 Å². The quantitative estimate of drug-likeness (QED) is 0.704. The molecule has 7 heteroatoms. The summed E-state index contributed by atoms with van der Waals surface area (Å²) in [5.74, 6) is -1.41. The molecule has 6 nitrogen and oxygen atoms in total. The van der Waals surface area contributed by atoms with E-state index in [0.29, 0.717) is 29.0 Å². The van der Waals surface area contributed by atoms with Gasteiger partial charge < -0.3 is 15.7 Å². The van der Waals surface area contributed by atoms with Crippen molar-refractivity contribution >= 4 is 34.8 Å². The Balaban J connectivity index is 1.64. The third-order valence-electron chi connectivity index (χ3n) is 4.98. The molecule has 0 aliphatic heterocycles. The molecule has 0 spiro atoms. The Morgan fingerprint density at radius 1 is 1.04 bits per heavy atom. The molecule has 0 unspecified atom stereocenters. The summed E-state index contributed by atoms with van der Waals surface area (Å²) in [6, 6.07) is 10.2. The SMILES string of the molecule is O=C(NCC1(C(=O)O)CCCCC1)c1cccc(NC(=O)c2cccs2)c1. The zero-order valence-corrected chi connectivity index (χ0v) is 15.7. The van der Waals surface area contributed by atoms with Crippen LogP contribution in [0, 0.1) is 5.41 Å². The summed E-state index contributed by atoms with van der Waals surface area (Å²) in [5.41, 5.74) is 0.0285. The zero-order chi connectivity index (χ0) is 19.3. The number of amides is 2. The number of benzene rings is 1. The number of hydrogen-bond acceptors (Lipinski definition) is 4. The second kappa shape index (κ2) is 8.35. The average Bonchev–Trinajstić information content (AvgIpc) is 3.22. The summed E-state index contributed by atoms with van der Waals surface area (Å²) < 4.78 is 0. The minimum Gasteiger partial charge on any atom is -0.481 e. The summed E-state index contributed by atoms with van der Waals surface area (Å²) in [4.78, 5) is 36.9. The molecule has 1 aliphatic carbocycles. The van der Waals surface area contributed by atoms with Crippen molar-refractivity contribution in [3.05, 3.63) is 52.2 Å². The summed E-state index contributed by atoms with van der Waals surface area (Å²) in [6.07, 6.45) is 3.94. The zero-order valence-electron chi connectivity index (χ0n) is 14.9. The minimum atomic E-state index is -0.876. The van der Waals surface area contributed by atoms with Gasteiger partial charge in [-0.05, 0) is 42.5 Å². The summed E-state index contributed by atoms with van der Waals surface area (Å²) in [7, 11) is 0. The molecule has 1 saturated carbocycles. The molecule has 0 radical (unpaired) electrons. The lowest BCUT2D eigenvalue weighted by molar-refractivity contribution is -0.150. The molecule has 3 rings (SSSR count). The molecular formula is C20H22N2O4S. The van der Waals surface area contributed by atoms with Gasteiger partial charge in [0.25, 0.3) is 11.8 Å². The third kappa shape index (κ3) is 4.54. The molecule has 0 saturated heterocycles. The van der Waals surface area contributed by atoms with Crippen molar-refractivity contribution < 1.29 is 19.5 Å². The van der Waals surface area contributed by atoms with Crippen LogP contribution in [0.15, 0.2) is 41.8 Å². The molecule has 142 valence electrons. The first-order valence-electron chi connectivity index (χ1n) is 8.97. The van der Waals surface area contributed by atoms with Crippen LogP contribution in [0.2, 0.25) is 0 Å². The Kier molecular flexibility index (Phi) is 5.91. The van der Waals surface area contributed by atoms with Crippen LogP contribution in [0.25, 0.3) is 0 Å². The van der Waals surface area contributed by atoms with Crippen LogP contribution in [0.3, 0.4) is 0 Å². The van der Waals surface area contributed by atoms with Gasteiger partial charge in [0.2, 0.25) is 0 Å². The molecule has 1 fully saturated rings. The van der Waals surface area contributed by atoms with Crippen molar-refractivity contribution in [3.63, 3.8) is 0 Å². The monoisotopic (exact) mass is 386 g/mol. The molecule has 0 atom stereocenters. The first kappa shape index (κ1) is 19.1. The number of aliphatic carboxylic acids is 1. The van der Waals surface area contributed by atoms with E-state index in [1.807, 2.05) is 5.38 Å². The number of carbonyl (C=O) groups is 3. The Morgan fingerprint density at radius 3 is 2.48 bits per heavy atom. The highest BCUT2D eigenvalue weighted by Gasteiger charge is 2.39. The van der Waals surface area contributed by atoms with Gasteiger partial charge in [0.05, 0.1) is 10.3 Å². The standard InChI is InChI=1S/C20H22N2O4S/c23-17(21-13-20(19(25)26)9-2-1-3-10-20)14-6-4-7-15(12-14)22-18(24)16-8-5-11-27-16/h4-8,11-12H,1-3,9-10,13H2,(H,21,23)(H,22,24)(H,25,26). The van der Waals surface area contributed by atoms with Crippen molar-refractivity contribution in [2.75, 3.05) is 11.9 Å². The van der Waals surface area contributed by atoms with Crippen LogP contribution in [-0.2, 0) is 4.79 Å². The summed E-state index contributed by atoms with van der Waals surface area (Å²) in [6.45, 7) is 0.118. The van der Waals surface area contributed by atoms with Crippen LogP contribution in [0.5, 0.6) is 0 Å². The maximum atomic E-state index is 12.5. The maximum Gasteiger partial charge on any atom is 0.311 e. The van der Waals surface area contributed by atoms with Gasteiger partial charge in [0.15, 0.2) is 0 Å². The van der Waals surface area contributed by atoms with E-state index in [0.717, 1.165) is 19.3 Å². The van der Waals surface area contributed by atoms with Gasteiger partial charge in [0, 0.05) is 17.8 Å². The fourth-order valence-electron chi connectivity index (χ4n) is 3.38. The van der Waals surface area contributed by atoms with Crippen LogP contribution >= 0.6 is 11.3 Å². The predicted molar refractivity (Wildman–Crippen MR) is 104 cm³/mol. The first-order valence-corrected chi connectivity index (χ1v) is 9.85. The lowest BCUT2D eigenvalue weighted by atomic mass is 9.74. The minimum absolute atomic E-state index is 0.118. The highest BCUT2D eigenvalue weighted by Crippen LogP contribution is 2.36.